The number of benzene rings is 3. The SMILES string of the molecule is C#Cc1c(F)ccc2cc(O)cc(-c3cc4nc(OC[C@@]56CCCN5C[C@H](F)C6)nc(N5CC6CCC(C5)N6)c4cc3F)c12. The Morgan fingerprint density at radius 1 is 1.05 bits per heavy atom. The Labute approximate surface area is 253 Å². The van der Waals surface area contributed by atoms with Crippen LogP contribution < -0.4 is 15.0 Å². The number of hydrogen-bond acceptors (Lipinski definition) is 7. The second-order valence-electron chi connectivity index (χ2n) is 12.7. The summed E-state index contributed by atoms with van der Waals surface area (Å²) in [5.74, 6) is 1.69. The molecule has 0 saturated carbocycles. The summed E-state index contributed by atoms with van der Waals surface area (Å²) in [4.78, 5) is 13.9. The van der Waals surface area contributed by atoms with E-state index in [1.165, 1.54) is 30.3 Å². The fourth-order valence-electron chi connectivity index (χ4n) is 8.02. The third-order valence-corrected chi connectivity index (χ3v) is 9.98. The maximum absolute atomic E-state index is 16.2. The van der Waals surface area contributed by atoms with Gasteiger partial charge in [-0.15, -0.1) is 6.42 Å². The van der Waals surface area contributed by atoms with Crippen molar-refractivity contribution < 1.29 is 23.0 Å². The molecule has 226 valence electrons. The van der Waals surface area contributed by atoms with Gasteiger partial charge in [-0.05, 0) is 73.5 Å². The summed E-state index contributed by atoms with van der Waals surface area (Å²) in [5.41, 5.74) is 0.431. The summed E-state index contributed by atoms with van der Waals surface area (Å²) < 4.78 is 51.7. The Kier molecular flexibility index (Phi) is 6.40. The Balaban J connectivity index is 1.27. The zero-order valence-corrected chi connectivity index (χ0v) is 24.1. The minimum absolute atomic E-state index is 0.0104. The number of anilines is 1. The Morgan fingerprint density at radius 2 is 1.86 bits per heavy atom. The minimum atomic E-state index is -0.885. The van der Waals surface area contributed by atoms with Crippen LogP contribution in [0.3, 0.4) is 0 Å². The Bertz CT molecular complexity index is 1850. The first kappa shape index (κ1) is 27.5. The van der Waals surface area contributed by atoms with E-state index in [9.17, 15) is 13.9 Å². The molecular weight excluding hydrogens is 567 g/mol. The lowest BCUT2D eigenvalue weighted by Gasteiger charge is -2.34. The molecule has 4 aromatic rings. The Morgan fingerprint density at radius 3 is 2.66 bits per heavy atom. The predicted molar refractivity (Wildman–Crippen MR) is 163 cm³/mol. The second-order valence-corrected chi connectivity index (χ2v) is 12.7. The van der Waals surface area contributed by atoms with Gasteiger partial charge in [0.2, 0.25) is 0 Å². The molecule has 3 aromatic carbocycles. The van der Waals surface area contributed by atoms with Crippen molar-refractivity contribution in [3.05, 3.63) is 53.6 Å². The molecule has 0 amide bonds. The lowest BCUT2D eigenvalue weighted by atomic mass is 9.93. The molecule has 8 rings (SSSR count). The van der Waals surface area contributed by atoms with E-state index in [4.69, 9.17) is 21.1 Å². The first-order chi connectivity index (χ1) is 21.3. The molecule has 4 atom stereocenters. The number of hydrogen-bond donors (Lipinski definition) is 2. The molecule has 2 bridgehead atoms. The molecule has 2 unspecified atom stereocenters. The van der Waals surface area contributed by atoms with Crippen LogP contribution in [0.5, 0.6) is 11.8 Å². The topological polar surface area (TPSA) is 73.8 Å². The number of phenols is 1. The standard InChI is InChI=1S/C34H32F3N5O2/c1-2-24-28(36)7-4-19-10-23(43)11-26(31(19)24)25-13-30-27(12-29(25)37)32(41-16-21-5-6-22(17-41)38-21)40-33(39-30)44-18-34-8-3-9-42(34)15-20(35)14-34/h1,4,7,10-13,20-22,38,43H,3,5-6,8-9,14-18H2/t20-,21?,22?,34+/m1/s1. The van der Waals surface area contributed by atoms with Crippen LogP contribution in [0.15, 0.2) is 36.4 Å². The molecule has 5 heterocycles. The van der Waals surface area contributed by atoms with Crippen LogP contribution in [0.2, 0.25) is 0 Å². The van der Waals surface area contributed by atoms with E-state index in [0.29, 0.717) is 65.6 Å². The summed E-state index contributed by atoms with van der Waals surface area (Å²) in [6.45, 7) is 2.96. The van der Waals surface area contributed by atoms with Gasteiger partial charge in [0.25, 0.3) is 0 Å². The number of halogens is 3. The third kappa shape index (κ3) is 4.44. The highest BCUT2D eigenvalue weighted by Crippen LogP contribution is 2.42. The van der Waals surface area contributed by atoms with Crippen molar-refractivity contribution in [2.75, 3.05) is 37.7 Å². The van der Waals surface area contributed by atoms with Gasteiger partial charge in [-0.3, -0.25) is 4.90 Å². The summed E-state index contributed by atoms with van der Waals surface area (Å²) >= 11 is 0. The van der Waals surface area contributed by atoms with Gasteiger partial charge in [-0.1, -0.05) is 12.0 Å². The number of aromatic hydroxyl groups is 1. The summed E-state index contributed by atoms with van der Waals surface area (Å²) in [7, 11) is 0. The van der Waals surface area contributed by atoms with Gasteiger partial charge in [0.15, 0.2) is 0 Å². The van der Waals surface area contributed by atoms with E-state index in [-0.39, 0.29) is 40.6 Å². The van der Waals surface area contributed by atoms with Crippen molar-refractivity contribution in [2.24, 2.45) is 0 Å². The maximum atomic E-state index is 16.2. The lowest BCUT2D eigenvalue weighted by molar-refractivity contribution is 0.107. The quantitative estimate of drug-likeness (QED) is 0.301. The number of ether oxygens (including phenoxy) is 1. The number of nitrogens with zero attached hydrogens (tertiary/aromatic N) is 4. The predicted octanol–water partition coefficient (Wildman–Crippen LogP) is 5.31. The van der Waals surface area contributed by atoms with Crippen LogP contribution in [-0.4, -0.2) is 76.6 Å². The highest BCUT2D eigenvalue weighted by atomic mass is 19.1. The number of fused-ring (bicyclic) bond motifs is 5. The maximum Gasteiger partial charge on any atom is 0.319 e. The number of phenolic OH excluding ortho intramolecular Hbond substituents is 1. The highest BCUT2D eigenvalue weighted by Gasteiger charge is 2.49. The molecule has 4 aliphatic heterocycles. The van der Waals surface area contributed by atoms with Crippen LogP contribution in [0.1, 0.15) is 37.7 Å². The average Bonchev–Trinajstić information content (AvgIpc) is 3.65. The Hall–Kier alpha value is -4.07. The zero-order valence-electron chi connectivity index (χ0n) is 24.1. The fraction of sp³-hybridized carbons (Fsp3) is 0.412. The molecule has 4 aliphatic rings. The monoisotopic (exact) mass is 599 g/mol. The molecule has 0 spiro atoms. The van der Waals surface area contributed by atoms with Gasteiger partial charge in [0.05, 0.1) is 16.6 Å². The van der Waals surface area contributed by atoms with Gasteiger partial charge in [0.1, 0.15) is 36.0 Å². The third-order valence-electron chi connectivity index (χ3n) is 9.98. The molecule has 7 nitrogen and oxygen atoms in total. The highest BCUT2D eigenvalue weighted by molar-refractivity contribution is 6.04. The first-order valence-corrected chi connectivity index (χ1v) is 15.3. The summed E-state index contributed by atoms with van der Waals surface area (Å²) in [5, 5.41) is 15.5. The molecule has 1 aromatic heterocycles. The molecule has 4 fully saturated rings. The number of alkyl halides is 1. The van der Waals surface area contributed by atoms with Crippen molar-refractivity contribution in [3.63, 3.8) is 0 Å². The van der Waals surface area contributed by atoms with Crippen molar-refractivity contribution in [2.45, 2.75) is 55.9 Å². The van der Waals surface area contributed by atoms with Crippen molar-refractivity contribution in [3.8, 4) is 35.2 Å². The van der Waals surface area contributed by atoms with Gasteiger partial charge >= 0.3 is 6.01 Å². The molecule has 44 heavy (non-hydrogen) atoms. The van der Waals surface area contributed by atoms with E-state index < -0.39 is 17.8 Å². The first-order valence-electron chi connectivity index (χ1n) is 15.3. The van der Waals surface area contributed by atoms with Crippen LogP contribution in [0.4, 0.5) is 19.0 Å². The van der Waals surface area contributed by atoms with Crippen LogP contribution in [-0.2, 0) is 0 Å². The van der Waals surface area contributed by atoms with Gasteiger partial charge in [-0.25, -0.2) is 13.2 Å². The van der Waals surface area contributed by atoms with E-state index in [0.717, 1.165) is 32.2 Å². The van der Waals surface area contributed by atoms with Crippen molar-refractivity contribution in [1.29, 1.82) is 0 Å². The number of nitrogens with one attached hydrogen (secondary N) is 1. The molecule has 4 saturated heterocycles. The molecular formula is C34H32F3N5O2. The molecule has 2 N–H and O–H groups in total. The molecule has 10 heteroatoms. The van der Waals surface area contributed by atoms with Crippen LogP contribution >= 0.6 is 0 Å². The fourth-order valence-corrected chi connectivity index (χ4v) is 8.02. The molecule has 0 radical (unpaired) electrons. The molecule has 0 aliphatic carbocycles. The smallest absolute Gasteiger partial charge is 0.319 e. The minimum Gasteiger partial charge on any atom is -0.508 e. The number of rotatable bonds is 5. The average molecular weight is 600 g/mol. The van der Waals surface area contributed by atoms with E-state index in [1.807, 2.05) is 0 Å². The van der Waals surface area contributed by atoms with E-state index >= 15 is 4.39 Å². The lowest BCUT2D eigenvalue weighted by Crippen LogP contribution is -2.51. The summed E-state index contributed by atoms with van der Waals surface area (Å²) in [6.07, 6.45) is 9.19. The zero-order chi connectivity index (χ0) is 30.2. The number of aromatic nitrogens is 2. The van der Waals surface area contributed by atoms with Gasteiger partial charge in [0, 0.05) is 54.5 Å². The summed E-state index contributed by atoms with van der Waals surface area (Å²) in [6, 6.07) is 9.38. The van der Waals surface area contributed by atoms with Crippen molar-refractivity contribution in [1.82, 2.24) is 20.2 Å². The van der Waals surface area contributed by atoms with Gasteiger partial charge < -0.3 is 20.1 Å². The van der Waals surface area contributed by atoms with Gasteiger partial charge in [-0.2, -0.15) is 9.97 Å². The number of piperazine rings is 1. The van der Waals surface area contributed by atoms with E-state index in [1.54, 1.807) is 6.07 Å². The largest absolute Gasteiger partial charge is 0.508 e. The van der Waals surface area contributed by atoms with Crippen LogP contribution in [0, 0.1) is 24.0 Å². The second kappa shape index (κ2) is 10.2. The van der Waals surface area contributed by atoms with E-state index in [2.05, 4.69) is 21.0 Å². The normalized spacial score (nSPS) is 26.4. The number of terminal acetylenes is 1. The van der Waals surface area contributed by atoms with Crippen molar-refractivity contribution >= 4 is 27.5 Å². The van der Waals surface area contributed by atoms with Crippen LogP contribution in [0.25, 0.3) is 32.8 Å².